The van der Waals surface area contributed by atoms with Crippen LogP contribution in [-0.4, -0.2) is 22.6 Å². The fourth-order valence-electron chi connectivity index (χ4n) is 2.28. The van der Waals surface area contributed by atoms with Crippen LogP contribution in [0, 0.1) is 6.92 Å². The molecule has 2 rings (SSSR count). The van der Waals surface area contributed by atoms with E-state index in [1.165, 1.54) is 4.88 Å². The minimum Gasteiger partial charge on any atom is -0.361 e. The van der Waals surface area contributed by atoms with Gasteiger partial charge < -0.3 is 15.2 Å². The predicted molar refractivity (Wildman–Crippen MR) is 93.8 cm³/mol. The SMILES string of the molecule is CCNC(=NCc1c(CC)noc1CC)NCc1scnc1C. The zero-order chi connectivity index (χ0) is 16.7. The zero-order valence-electron chi connectivity index (χ0n) is 14.3. The molecule has 0 spiro atoms. The van der Waals surface area contributed by atoms with Gasteiger partial charge in [0.15, 0.2) is 5.96 Å². The summed E-state index contributed by atoms with van der Waals surface area (Å²) in [5.41, 5.74) is 5.05. The van der Waals surface area contributed by atoms with Gasteiger partial charge in [-0.2, -0.15) is 0 Å². The Balaban J connectivity index is 2.06. The molecule has 7 heteroatoms. The molecule has 2 N–H and O–H groups in total. The molecule has 23 heavy (non-hydrogen) atoms. The van der Waals surface area contributed by atoms with Crippen LogP contribution in [0.2, 0.25) is 0 Å². The molecule has 0 aliphatic rings. The average Bonchev–Trinajstić information content (AvgIpc) is 3.15. The van der Waals surface area contributed by atoms with E-state index in [0.29, 0.717) is 6.54 Å². The molecule has 0 fully saturated rings. The highest BCUT2D eigenvalue weighted by Gasteiger charge is 2.13. The number of aromatic nitrogens is 2. The molecule has 0 saturated carbocycles. The zero-order valence-corrected chi connectivity index (χ0v) is 15.1. The first-order chi connectivity index (χ1) is 11.2. The van der Waals surface area contributed by atoms with Gasteiger partial charge in [-0.1, -0.05) is 19.0 Å². The van der Waals surface area contributed by atoms with Gasteiger partial charge in [0.2, 0.25) is 0 Å². The number of nitrogens with zero attached hydrogens (tertiary/aromatic N) is 3. The van der Waals surface area contributed by atoms with Crippen LogP contribution >= 0.6 is 11.3 Å². The van der Waals surface area contributed by atoms with E-state index in [1.807, 2.05) is 12.4 Å². The Morgan fingerprint density at radius 3 is 2.70 bits per heavy atom. The van der Waals surface area contributed by atoms with Crippen molar-refractivity contribution in [3.63, 3.8) is 0 Å². The summed E-state index contributed by atoms with van der Waals surface area (Å²) in [6.07, 6.45) is 1.69. The average molecular weight is 335 g/mol. The quantitative estimate of drug-likeness (QED) is 0.601. The summed E-state index contributed by atoms with van der Waals surface area (Å²) in [7, 11) is 0. The van der Waals surface area contributed by atoms with Gasteiger partial charge in [0, 0.05) is 23.4 Å². The number of guanidine groups is 1. The second-order valence-corrected chi connectivity index (χ2v) is 6.09. The Hall–Kier alpha value is -1.89. The normalized spacial score (nSPS) is 11.7. The second kappa shape index (κ2) is 8.67. The third-order valence-electron chi connectivity index (χ3n) is 3.61. The summed E-state index contributed by atoms with van der Waals surface area (Å²) in [6.45, 7) is 10.4. The molecular formula is C16H25N5OS. The smallest absolute Gasteiger partial charge is 0.191 e. The van der Waals surface area contributed by atoms with E-state index in [-0.39, 0.29) is 0 Å². The standard InChI is InChI=1S/C16H25N5OS/c1-5-13-12(14(6-2)22-21-13)8-18-16(17-7-3)19-9-15-11(4)20-10-23-15/h10H,5-9H2,1-4H3,(H2,17,18,19). The number of rotatable bonds is 7. The lowest BCUT2D eigenvalue weighted by molar-refractivity contribution is 0.380. The molecule has 0 aliphatic heterocycles. The lowest BCUT2D eigenvalue weighted by Crippen LogP contribution is -2.36. The van der Waals surface area contributed by atoms with Gasteiger partial charge in [0.05, 0.1) is 30.0 Å². The van der Waals surface area contributed by atoms with Crippen LogP contribution in [0.25, 0.3) is 0 Å². The monoisotopic (exact) mass is 335 g/mol. The molecule has 0 amide bonds. The summed E-state index contributed by atoms with van der Waals surface area (Å²) >= 11 is 1.66. The number of nitrogens with one attached hydrogen (secondary N) is 2. The highest BCUT2D eigenvalue weighted by molar-refractivity contribution is 7.09. The third kappa shape index (κ3) is 4.54. The molecule has 0 atom stereocenters. The van der Waals surface area contributed by atoms with Crippen molar-refractivity contribution in [2.45, 2.75) is 53.6 Å². The van der Waals surface area contributed by atoms with Crippen molar-refractivity contribution in [2.24, 2.45) is 4.99 Å². The number of aryl methyl sites for hydroxylation is 3. The minimum atomic E-state index is 0.576. The third-order valence-corrected chi connectivity index (χ3v) is 4.54. The van der Waals surface area contributed by atoms with E-state index >= 15 is 0 Å². The van der Waals surface area contributed by atoms with Crippen LogP contribution in [0.5, 0.6) is 0 Å². The lowest BCUT2D eigenvalue weighted by atomic mass is 10.1. The Morgan fingerprint density at radius 2 is 2.09 bits per heavy atom. The molecule has 126 valence electrons. The fourth-order valence-corrected chi connectivity index (χ4v) is 2.99. The molecule has 0 aliphatic carbocycles. The van der Waals surface area contributed by atoms with Crippen molar-refractivity contribution in [1.29, 1.82) is 0 Å². The van der Waals surface area contributed by atoms with Crippen LogP contribution in [0.3, 0.4) is 0 Å². The van der Waals surface area contributed by atoms with Crippen molar-refractivity contribution >= 4 is 17.3 Å². The molecule has 2 aromatic heterocycles. The van der Waals surface area contributed by atoms with Gasteiger partial charge in [-0.25, -0.2) is 9.98 Å². The Bertz CT molecular complexity index is 625. The summed E-state index contributed by atoms with van der Waals surface area (Å²) in [4.78, 5) is 10.2. The van der Waals surface area contributed by atoms with Gasteiger partial charge in [0.1, 0.15) is 5.76 Å². The summed E-state index contributed by atoms with van der Waals surface area (Å²) in [5.74, 6) is 1.73. The largest absolute Gasteiger partial charge is 0.361 e. The fraction of sp³-hybridized carbons (Fsp3) is 0.562. The van der Waals surface area contributed by atoms with Crippen molar-refractivity contribution in [3.8, 4) is 0 Å². The first-order valence-electron chi connectivity index (χ1n) is 8.06. The number of thiazole rings is 1. The van der Waals surface area contributed by atoms with Gasteiger partial charge in [-0.15, -0.1) is 11.3 Å². The molecule has 2 heterocycles. The highest BCUT2D eigenvalue weighted by Crippen LogP contribution is 2.17. The van der Waals surface area contributed by atoms with E-state index in [0.717, 1.165) is 54.6 Å². The predicted octanol–water partition coefficient (Wildman–Crippen LogP) is 2.82. The Labute approximate surface area is 141 Å². The van der Waals surface area contributed by atoms with Gasteiger partial charge in [0.25, 0.3) is 0 Å². The maximum Gasteiger partial charge on any atom is 0.191 e. The maximum atomic E-state index is 5.40. The summed E-state index contributed by atoms with van der Waals surface area (Å²) in [6, 6.07) is 0. The van der Waals surface area contributed by atoms with Crippen LogP contribution in [0.15, 0.2) is 15.0 Å². The van der Waals surface area contributed by atoms with Crippen LogP contribution in [-0.2, 0) is 25.9 Å². The molecular weight excluding hydrogens is 310 g/mol. The Kier molecular flexibility index (Phi) is 6.58. The van der Waals surface area contributed by atoms with Crippen molar-refractivity contribution in [2.75, 3.05) is 6.54 Å². The summed E-state index contributed by atoms with van der Waals surface area (Å²) < 4.78 is 5.40. The molecule has 0 aromatic carbocycles. The molecule has 0 bridgehead atoms. The van der Waals surface area contributed by atoms with E-state index < -0.39 is 0 Å². The van der Waals surface area contributed by atoms with Crippen LogP contribution in [0.4, 0.5) is 0 Å². The molecule has 0 saturated heterocycles. The number of hydrogen-bond donors (Lipinski definition) is 2. The van der Waals surface area contributed by atoms with E-state index in [9.17, 15) is 0 Å². The number of aliphatic imine (C=N–C) groups is 1. The van der Waals surface area contributed by atoms with Crippen LogP contribution < -0.4 is 10.6 Å². The maximum absolute atomic E-state index is 5.40. The van der Waals surface area contributed by atoms with Gasteiger partial charge in [-0.3, -0.25) is 0 Å². The lowest BCUT2D eigenvalue weighted by Gasteiger charge is -2.11. The highest BCUT2D eigenvalue weighted by atomic mass is 32.1. The molecule has 0 unspecified atom stereocenters. The Morgan fingerprint density at radius 1 is 1.26 bits per heavy atom. The van der Waals surface area contributed by atoms with E-state index in [2.05, 4.69) is 46.5 Å². The number of hydrogen-bond acceptors (Lipinski definition) is 5. The van der Waals surface area contributed by atoms with E-state index in [1.54, 1.807) is 11.3 Å². The first-order valence-corrected chi connectivity index (χ1v) is 8.94. The van der Waals surface area contributed by atoms with Crippen LogP contribution in [0.1, 0.15) is 48.4 Å². The van der Waals surface area contributed by atoms with Gasteiger partial charge in [-0.05, 0) is 20.3 Å². The molecule has 0 radical (unpaired) electrons. The first kappa shape index (κ1) is 17.5. The summed E-state index contributed by atoms with van der Waals surface area (Å²) in [5, 5.41) is 10.8. The van der Waals surface area contributed by atoms with Gasteiger partial charge >= 0.3 is 0 Å². The molecule has 6 nitrogen and oxygen atoms in total. The molecule has 2 aromatic rings. The van der Waals surface area contributed by atoms with Crippen molar-refractivity contribution < 1.29 is 4.52 Å². The van der Waals surface area contributed by atoms with E-state index in [4.69, 9.17) is 4.52 Å². The minimum absolute atomic E-state index is 0.576. The van der Waals surface area contributed by atoms with Crippen molar-refractivity contribution in [1.82, 2.24) is 20.8 Å². The topological polar surface area (TPSA) is 75.3 Å². The van der Waals surface area contributed by atoms with Crippen molar-refractivity contribution in [3.05, 3.63) is 33.1 Å². The second-order valence-electron chi connectivity index (χ2n) is 5.15.